The summed E-state index contributed by atoms with van der Waals surface area (Å²) in [4.78, 5) is 9.82. The number of nitrogens with two attached hydrogens (primary N) is 1. The molecule has 0 aliphatic carbocycles. The first-order chi connectivity index (χ1) is 6.85. The number of hydroxylamine groups is 2. The smallest absolute Gasteiger partial charge is 0.0942 e. The molecule has 0 amide bonds. The summed E-state index contributed by atoms with van der Waals surface area (Å²) in [6.45, 7) is 4.06. The number of rotatable bonds is 8. The zero-order chi connectivity index (χ0) is 11.2. The average Bonchev–Trinajstić information content (AvgIpc) is 2.25. The summed E-state index contributed by atoms with van der Waals surface area (Å²) in [6, 6.07) is 0. The third kappa shape index (κ3) is 11.5. The average molecular weight is 210 g/mol. The molecule has 0 atom stereocenters. The molecule has 0 unspecified atom stereocenters. The van der Waals surface area contributed by atoms with Crippen LogP contribution in [0.3, 0.4) is 0 Å². The second-order valence-corrected chi connectivity index (χ2v) is 1.92. The summed E-state index contributed by atoms with van der Waals surface area (Å²) < 4.78 is 0. The summed E-state index contributed by atoms with van der Waals surface area (Å²) >= 11 is 0. The zero-order valence-corrected chi connectivity index (χ0v) is 8.00. The van der Waals surface area contributed by atoms with Crippen molar-refractivity contribution in [3.05, 3.63) is 12.7 Å². The molecule has 0 heterocycles. The molecular formula is C7H18N2O5. The van der Waals surface area contributed by atoms with Crippen molar-refractivity contribution in [1.82, 2.24) is 5.23 Å². The largest absolute Gasteiger partial charge is 0.394 e. The lowest BCUT2D eigenvalue weighted by Crippen LogP contribution is -2.27. The molecule has 0 rings (SSSR count). The Morgan fingerprint density at radius 2 is 1.57 bits per heavy atom. The van der Waals surface area contributed by atoms with Crippen LogP contribution in [0.15, 0.2) is 12.7 Å². The van der Waals surface area contributed by atoms with Gasteiger partial charge < -0.3 is 15.4 Å². The minimum absolute atomic E-state index is 0.0733. The second kappa shape index (κ2) is 15.0. The molecule has 0 saturated carbocycles. The first kappa shape index (κ1) is 15.9. The van der Waals surface area contributed by atoms with E-state index < -0.39 is 0 Å². The van der Waals surface area contributed by atoms with E-state index in [0.717, 1.165) is 0 Å². The maximum atomic E-state index is 8.43. The predicted molar refractivity (Wildman–Crippen MR) is 49.0 cm³/mol. The second-order valence-electron chi connectivity index (χ2n) is 1.92. The third-order valence-electron chi connectivity index (χ3n) is 0.931. The van der Waals surface area contributed by atoms with Crippen LogP contribution in [0, 0.1) is 0 Å². The molecule has 0 fully saturated rings. The topological polar surface area (TPSA) is 108 Å². The maximum Gasteiger partial charge on any atom is 0.0942 e. The van der Waals surface area contributed by atoms with Gasteiger partial charge in [0.25, 0.3) is 0 Å². The molecule has 7 nitrogen and oxygen atoms in total. The van der Waals surface area contributed by atoms with Gasteiger partial charge in [0, 0.05) is 0 Å². The fraction of sp³-hybridized carbons (Fsp3) is 0.714. The monoisotopic (exact) mass is 210 g/mol. The van der Waals surface area contributed by atoms with E-state index in [1.54, 1.807) is 6.08 Å². The quantitative estimate of drug-likeness (QED) is 0.290. The van der Waals surface area contributed by atoms with Gasteiger partial charge in [-0.25, -0.2) is 5.90 Å². The highest BCUT2D eigenvalue weighted by molar-refractivity contribution is 4.66. The minimum Gasteiger partial charge on any atom is -0.394 e. The Bertz CT molecular complexity index is 106. The Labute approximate surface area is 82.8 Å². The van der Waals surface area contributed by atoms with Crippen molar-refractivity contribution < 1.29 is 25.1 Å². The van der Waals surface area contributed by atoms with Gasteiger partial charge in [0.15, 0.2) is 0 Å². The van der Waals surface area contributed by atoms with Gasteiger partial charge >= 0.3 is 0 Å². The van der Waals surface area contributed by atoms with Crippen molar-refractivity contribution in [3.63, 3.8) is 0 Å². The molecule has 0 aromatic heterocycles. The number of hydrogen-bond donors (Lipinski definition) is 4. The van der Waals surface area contributed by atoms with Crippen LogP contribution in [0.25, 0.3) is 0 Å². The van der Waals surface area contributed by atoms with Gasteiger partial charge in [-0.15, -0.1) is 6.58 Å². The summed E-state index contributed by atoms with van der Waals surface area (Å²) in [7, 11) is 0. The van der Waals surface area contributed by atoms with Crippen LogP contribution in [0.2, 0.25) is 0 Å². The number of hydrogen-bond acceptors (Lipinski definition) is 7. The van der Waals surface area contributed by atoms with Crippen molar-refractivity contribution in [2.45, 2.75) is 0 Å². The third-order valence-corrected chi connectivity index (χ3v) is 0.931. The molecule has 0 aromatic carbocycles. The van der Waals surface area contributed by atoms with Crippen LogP contribution in [0.4, 0.5) is 0 Å². The van der Waals surface area contributed by atoms with E-state index >= 15 is 0 Å². The lowest BCUT2D eigenvalue weighted by molar-refractivity contribution is -0.365. The molecule has 0 aromatic rings. The van der Waals surface area contributed by atoms with Crippen LogP contribution in [0.1, 0.15) is 0 Å². The Hall–Kier alpha value is -0.540. The van der Waals surface area contributed by atoms with Crippen LogP contribution in [-0.4, -0.2) is 53.6 Å². The first-order valence-electron chi connectivity index (χ1n) is 3.97. The van der Waals surface area contributed by atoms with E-state index in [9.17, 15) is 0 Å². The molecule has 86 valence electrons. The fourth-order valence-corrected chi connectivity index (χ4v) is 0.533. The van der Waals surface area contributed by atoms with Crippen molar-refractivity contribution >= 4 is 0 Å². The SMILES string of the molecule is C=CCN(OCCO)OCCO.NO. The van der Waals surface area contributed by atoms with E-state index in [1.807, 2.05) is 0 Å². The van der Waals surface area contributed by atoms with E-state index in [4.69, 9.17) is 25.1 Å². The lowest BCUT2D eigenvalue weighted by atomic mass is 10.6. The fourth-order valence-electron chi connectivity index (χ4n) is 0.533. The highest BCUT2D eigenvalue weighted by Crippen LogP contribution is 1.91. The van der Waals surface area contributed by atoms with Crippen LogP contribution in [-0.2, 0) is 9.68 Å². The standard InChI is InChI=1S/C7H15NO4.H3NO/c1-2-3-8(11-6-4-9)12-7-5-10;1-2/h2,9-10H,1,3-7H2;2H,1H2. The molecule has 0 radical (unpaired) electrons. The highest BCUT2D eigenvalue weighted by atomic mass is 16.9. The molecule has 0 aliphatic heterocycles. The Morgan fingerprint density at radius 3 is 1.86 bits per heavy atom. The van der Waals surface area contributed by atoms with Crippen molar-refractivity contribution in [1.29, 1.82) is 0 Å². The van der Waals surface area contributed by atoms with Gasteiger partial charge in [0.2, 0.25) is 0 Å². The molecule has 7 heteroatoms. The highest BCUT2D eigenvalue weighted by Gasteiger charge is 2.01. The first-order valence-corrected chi connectivity index (χ1v) is 3.97. The zero-order valence-electron chi connectivity index (χ0n) is 8.00. The number of nitrogens with zero attached hydrogens (tertiary/aromatic N) is 1. The predicted octanol–water partition coefficient (Wildman–Crippen LogP) is -1.34. The Morgan fingerprint density at radius 1 is 1.14 bits per heavy atom. The lowest BCUT2D eigenvalue weighted by Gasteiger charge is -2.18. The van der Waals surface area contributed by atoms with Crippen LogP contribution in [0.5, 0.6) is 0 Å². The Kier molecular flexibility index (Phi) is 17.0. The molecular weight excluding hydrogens is 192 g/mol. The summed E-state index contributed by atoms with van der Waals surface area (Å²) in [5.74, 6) is 3.50. The van der Waals surface area contributed by atoms with Gasteiger partial charge in [0.05, 0.1) is 33.0 Å². The normalized spacial score (nSPS) is 9.50. The number of aliphatic hydroxyl groups is 2. The van der Waals surface area contributed by atoms with Crippen LogP contribution < -0.4 is 5.90 Å². The van der Waals surface area contributed by atoms with E-state index in [-0.39, 0.29) is 26.4 Å². The molecule has 0 bridgehead atoms. The Balaban J connectivity index is 0. The minimum atomic E-state index is -0.0733. The van der Waals surface area contributed by atoms with Gasteiger partial charge in [0.1, 0.15) is 0 Å². The van der Waals surface area contributed by atoms with Gasteiger partial charge in [-0.3, -0.25) is 9.68 Å². The van der Waals surface area contributed by atoms with Gasteiger partial charge in [-0.1, -0.05) is 11.3 Å². The van der Waals surface area contributed by atoms with Crippen molar-refractivity contribution in [2.24, 2.45) is 5.90 Å². The van der Waals surface area contributed by atoms with E-state index in [1.165, 1.54) is 5.23 Å². The van der Waals surface area contributed by atoms with Gasteiger partial charge in [-0.05, 0) is 0 Å². The number of aliphatic hydroxyl groups excluding tert-OH is 2. The van der Waals surface area contributed by atoms with Crippen molar-refractivity contribution in [2.75, 3.05) is 33.0 Å². The van der Waals surface area contributed by atoms with E-state index in [2.05, 4.69) is 12.5 Å². The van der Waals surface area contributed by atoms with Crippen molar-refractivity contribution in [3.8, 4) is 0 Å². The summed E-state index contributed by atoms with van der Waals surface area (Å²) in [5.41, 5.74) is 0. The molecule has 5 N–H and O–H groups in total. The molecule has 0 spiro atoms. The summed E-state index contributed by atoms with van der Waals surface area (Å²) in [5, 5.41) is 24.5. The van der Waals surface area contributed by atoms with Crippen LogP contribution >= 0.6 is 0 Å². The van der Waals surface area contributed by atoms with E-state index in [0.29, 0.717) is 6.54 Å². The van der Waals surface area contributed by atoms with Gasteiger partial charge in [-0.2, -0.15) is 0 Å². The molecule has 0 saturated heterocycles. The molecule has 0 aliphatic rings. The molecule has 14 heavy (non-hydrogen) atoms. The maximum absolute atomic E-state index is 8.43. The summed E-state index contributed by atoms with van der Waals surface area (Å²) in [6.07, 6.45) is 1.59.